The van der Waals surface area contributed by atoms with Crippen molar-refractivity contribution in [3.05, 3.63) is 167 Å². The van der Waals surface area contributed by atoms with Gasteiger partial charge in [0.1, 0.15) is 21.0 Å². The third-order valence-corrected chi connectivity index (χ3v) is 30.6. The highest BCUT2D eigenvalue weighted by Gasteiger charge is 2.35. The predicted molar refractivity (Wildman–Crippen MR) is 489 cm³/mol. The Kier molecular flexibility index (Phi) is 34.2. The highest BCUT2D eigenvalue weighted by Crippen LogP contribution is 2.52. The molecular formula is C85H103Br2N11O18S8. The van der Waals surface area contributed by atoms with Crippen LogP contribution in [0.1, 0.15) is 79.3 Å². The summed E-state index contributed by atoms with van der Waals surface area (Å²) in [6.45, 7) is 11.8. The first kappa shape index (κ1) is 94.6. The number of piperazine rings is 1. The second-order valence-corrected chi connectivity index (χ2v) is 42.9. The molecule has 2 amide bonds. The summed E-state index contributed by atoms with van der Waals surface area (Å²) in [5, 5.41) is 13.0. The van der Waals surface area contributed by atoms with Crippen LogP contribution in [0.3, 0.4) is 0 Å². The number of allylic oxidation sites excluding steroid dienone is 3. The van der Waals surface area contributed by atoms with Gasteiger partial charge in [0, 0.05) is 175 Å². The maximum absolute atomic E-state index is 13.1. The Balaban J connectivity index is 0.529. The Morgan fingerprint density at radius 3 is 1.40 bits per heavy atom. The van der Waals surface area contributed by atoms with E-state index in [1.165, 1.54) is 5.56 Å². The van der Waals surface area contributed by atoms with Crippen LogP contribution in [0.5, 0.6) is 0 Å². The first-order chi connectivity index (χ1) is 59.6. The lowest BCUT2D eigenvalue weighted by atomic mass is 9.95. The standard InChI is InChI=1S/C85H103Br2N11O18S8/c86-65-19-23-72-70(59-65)69(76(117-72)61-81-97(34-9-57-123(107,108)109)84-67-13-3-1-11-63(67)17-21-74(84)119-81)27-47-113-51-52-114-48-28-88-77(99)15-5-30-92-42-44-94(32-7-55-121(101,102)103)79(92)25-36-90-38-40-91(41-39-90)37-26-80-93(43-45-95(80)33-8-56-122(104,105)106)31-6-16-78(100)89-29-49-115-53-54-116-50-46-96-71-60-66(87)20-24-73(71)118-82(96)62-83-98(35-10-58-124(110,111)112)85-68-14-4-2-12-64(68)18-22-75(85)120-83/h1-4,11-14,17-26,36-37,59-62,69H,5-10,15-16,27-35,38-58H2,(H2-4,88,89,99,100,101,102,103,104,105,106,107,108,109,110,111,112). The van der Waals surface area contributed by atoms with Crippen molar-refractivity contribution in [2.24, 2.45) is 0 Å². The number of thiazole rings is 2. The van der Waals surface area contributed by atoms with E-state index >= 15 is 0 Å². The number of aryl methyl sites for hydroxylation is 2. The Morgan fingerprint density at radius 1 is 0.476 bits per heavy atom. The molecule has 3 saturated heterocycles. The van der Waals surface area contributed by atoms with Crippen molar-refractivity contribution in [2.45, 2.75) is 86.6 Å². The molecule has 39 heteroatoms. The fourth-order valence-corrected chi connectivity index (χ4v) is 23.5. The van der Waals surface area contributed by atoms with Gasteiger partial charge in [0.15, 0.2) is 25.5 Å². The molecule has 1 unspecified atom stereocenters. The minimum absolute atomic E-state index is 0.0343. The number of benzene rings is 6. The van der Waals surface area contributed by atoms with E-state index in [4.69, 9.17) is 18.9 Å². The monoisotopic (exact) mass is 1980 g/mol. The van der Waals surface area contributed by atoms with Crippen LogP contribution in [0.4, 0.5) is 5.69 Å². The number of carbonyl (C=O) groups is 2. The Labute approximate surface area is 758 Å². The van der Waals surface area contributed by atoms with Gasteiger partial charge in [-0.3, -0.25) is 9.59 Å². The summed E-state index contributed by atoms with van der Waals surface area (Å²) in [5.74, 6) is -0.296. The topological polar surface area (TPSA) is 354 Å². The molecule has 5 aliphatic rings. The molecule has 2 N–H and O–H groups in total. The molecule has 124 heavy (non-hydrogen) atoms. The number of carbonyl (C=O) groups excluding carboxylic acids is 2. The number of hydrogen-bond donors (Lipinski definition) is 2. The highest BCUT2D eigenvalue weighted by atomic mass is 79.9. The molecule has 0 bridgehead atoms. The van der Waals surface area contributed by atoms with Gasteiger partial charge in [-0.1, -0.05) is 127 Å². The van der Waals surface area contributed by atoms with Gasteiger partial charge in [-0.2, -0.15) is 9.13 Å². The van der Waals surface area contributed by atoms with Crippen molar-refractivity contribution < 1.29 is 98.7 Å². The van der Waals surface area contributed by atoms with E-state index in [0.717, 1.165) is 98.0 Å². The lowest BCUT2D eigenvalue weighted by Crippen LogP contribution is -2.37. The van der Waals surface area contributed by atoms with Gasteiger partial charge in [0.2, 0.25) is 49.0 Å². The number of halogens is 2. The van der Waals surface area contributed by atoms with Crippen LogP contribution in [0.25, 0.3) is 54.1 Å². The summed E-state index contributed by atoms with van der Waals surface area (Å²) in [7, 11) is -17.6. The zero-order chi connectivity index (χ0) is 87.4. The molecule has 0 radical (unpaired) electrons. The van der Waals surface area contributed by atoms with Crippen LogP contribution in [0.2, 0.25) is 0 Å². The minimum atomic E-state index is -4.41. The summed E-state index contributed by atoms with van der Waals surface area (Å²) in [4.78, 5) is 40.4. The van der Waals surface area contributed by atoms with Gasteiger partial charge >= 0.3 is 0 Å². The number of ether oxygens (including phenoxy) is 4. The van der Waals surface area contributed by atoms with Crippen LogP contribution >= 0.6 is 78.1 Å². The van der Waals surface area contributed by atoms with Crippen molar-refractivity contribution in [3.63, 3.8) is 0 Å². The van der Waals surface area contributed by atoms with Crippen LogP contribution in [-0.4, -0.2) is 279 Å². The molecule has 6 aromatic carbocycles. The maximum atomic E-state index is 13.1. The Bertz CT molecular complexity index is 5470. The van der Waals surface area contributed by atoms with Crippen LogP contribution < -0.4 is 24.7 Å². The van der Waals surface area contributed by atoms with E-state index in [2.05, 4.69) is 164 Å². The fourth-order valence-electron chi connectivity index (χ4n) is 16.0. The highest BCUT2D eigenvalue weighted by molar-refractivity contribution is 9.10. The summed E-state index contributed by atoms with van der Waals surface area (Å²) in [6, 6.07) is 37.0. The number of anilines is 1. The maximum Gasteiger partial charge on any atom is 0.265 e. The molecule has 7 heterocycles. The molecule has 2 aromatic heterocycles. The van der Waals surface area contributed by atoms with Crippen molar-refractivity contribution in [3.8, 4) is 0 Å². The minimum Gasteiger partial charge on any atom is -0.748 e. The van der Waals surface area contributed by atoms with Gasteiger partial charge in [0.05, 0.1) is 114 Å². The quantitative estimate of drug-likeness (QED) is 0.0204. The van der Waals surface area contributed by atoms with E-state index in [9.17, 15) is 61.5 Å². The lowest BCUT2D eigenvalue weighted by molar-refractivity contribution is -0.668. The van der Waals surface area contributed by atoms with Gasteiger partial charge in [-0.15, -0.1) is 0 Å². The van der Waals surface area contributed by atoms with E-state index in [1.807, 2.05) is 67.0 Å². The third kappa shape index (κ3) is 27.5. The Morgan fingerprint density at radius 2 is 0.911 bits per heavy atom. The molecule has 0 aliphatic carbocycles. The average molecular weight is 1980 g/mol. The van der Waals surface area contributed by atoms with Crippen molar-refractivity contribution in [2.75, 3.05) is 179 Å². The van der Waals surface area contributed by atoms with E-state index in [0.29, 0.717) is 177 Å². The first-order valence-electron chi connectivity index (χ1n) is 41.6. The molecule has 0 saturated carbocycles. The van der Waals surface area contributed by atoms with Gasteiger partial charge in [-0.25, -0.2) is 42.8 Å². The molecule has 13 rings (SSSR count). The molecule has 1 atom stereocenters. The first-order valence-corrected chi connectivity index (χ1v) is 52.8. The van der Waals surface area contributed by atoms with Crippen molar-refractivity contribution in [1.29, 1.82) is 0 Å². The lowest BCUT2D eigenvalue weighted by Gasteiger charge is -2.25. The van der Waals surface area contributed by atoms with Crippen LogP contribution in [0, 0.1) is 0 Å². The summed E-state index contributed by atoms with van der Waals surface area (Å²) >= 11 is 13.9. The number of amides is 2. The summed E-state index contributed by atoms with van der Waals surface area (Å²) in [6.07, 6.45) is 15.5. The number of fused-ring (bicyclic) bond motifs is 8. The number of aromatic nitrogens is 2. The zero-order valence-corrected chi connectivity index (χ0v) is 78.4. The molecular weight excluding hydrogens is 1880 g/mol. The number of nitrogens with one attached hydrogen (secondary N) is 2. The Hall–Kier alpha value is -7.00. The van der Waals surface area contributed by atoms with Crippen molar-refractivity contribution >= 4 is 203 Å². The van der Waals surface area contributed by atoms with Crippen LogP contribution in [-0.2, 0) is 82.1 Å². The SMILES string of the molecule is O=C(CCCN1CCN(CCCS(=O)(=O)[O-])C1=CC=[N+]1CC[N+](=CC=C2N(CCCC(=O)NCCOCCOCCN3C(=Cc4sc5ccc6ccccc6c5[n+]4CCCS(=O)(=O)[O-])Sc4ccc(Br)cc43)CCN2CCCS(=O)(=O)[O-])CC1)NCCOCCOCCC1C(=Cc2sc3ccc4ccccc4c3[n+]2CCCS(=O)(=O)[O-])Sc2ccc(Br)cc21. The summed E-state index contributed by atoms with van der Waals surface area (Å²) in [5.41, 5.74) is 4.21. The van der Waals surface area contributed by atoms with Crippen LogP contribution in [0.15, 0.2) is 162 Å². The third-order valence-electron chi connectivity index (χ3n) is 21.9. The largest absolute Gasteiger partial charge is 0.748 e. The van der Waals surface area contributed by atoms with E-state index in [-0.39, 0.29) is 62.9 Å². The second kappa shape index (κ2) is 44.8. The zero-order valence-electron chi connectivity index (χ0n) is 68.7. The fraction of sp³-hybridized carbons (Fsp3) is 0.459. The van der Waals surface area contributed by atoms with Gasteiger partial charge in [-0.05, 0) is 109 Å². The summed E-state index contributed by atoms with van der Waals surface area (Å²) < 4.78 is 177. The number of rotatable bonds is 46. The number of hydrogen-bond acceptors (Lipinski definition) is 27. The van der Waals surface area contributed by atoms with E-state index < -0.39 is 63.5 Å². The smallest absolute Gasteiger partial charge is 0.265 e. The van der Waals surface area contributed by atoms with Crippen molar-refractivity contribution in [1.82, 2.24) is 30.2 Å². The molecule has 0 spiro atoms. The average Bonchev–Trinajstić information content (AvgIpc) is 1.61. The van der Waals surface area contributed by atoms with Gasteiger partial charge in [0.25, 0.3) is 10.0 Å². The van der Waals surface area contributed by atoms with Gasteiger partial charge < -0.3 is 72.3 Å². The molecule has 668 valence electrons. The second-order valence-electron chi connectivity index (χ2n) is 30.7. The molecule has 5 aliphatic heterocycles. The molecule has 8 aromatic rings. The predicted octanol–water partition coefficient (Wildman–Crippen LogP) is 9.45. The number of thioether (sulfide) groups is 2. The normalized spacial score (nSPS) is 17.3. The molecule has 3 fully saturated rings. The number of nitrogens with zero attached hydrogens (tertiary/aromatic N) is 9. The van der Waals surface area contributed by atoms with E-state index in [1.54, 1.807) is 46.2 Å². The molecule has 29 nitrogen and oxygen atoms in total.